The number of benzene rings is 1. The van der Waals surface area contributed by atoms with E-state index < -0.39 is 5.91 Å². The molecule has 1 aromatic heterocycles. The first-order chi connectivity index (χ1) is 13.1. The Balaban J connectivity index is 1.76. The van der Waals surface area contributed by atoms with Gasteiger partial charge in [0.2, 0.25) is 0 Å². The number of carbonyl (C=O) groups excluding carboxylic acids is 1. The molecule has 2 aromatic rings. The zero-order chi connectivity index (χ0) is 19.2. The van der Waals surface area contributed by atoms with Crippen molar-refractivity contribution in [3.05, 3.63) is 81.9 Å². The highest BCUT2D eigenvalue weighted by molar-refractivity contribution is 9.10. The summed E-state index contributed by atoms with van der Waals surface area (Å²) >= 11 is 3.46. The molecule has 0 atom stereocenters. The van der Waals surface area contributed by atoms with E-state index in [0.29, 0.717) is 5.82 Å². The normalized spacial score (nSPS) is 15.2. The molecule has 0 unspecified atom stereocenters. The van der Waals surface area contributed by atoms with Crippen LogP contribution in [-0.4, -0.2) is 32.8 Å². The van der Waals surface area contributed by atoms with Crippen molar-refractivity contribution in [2.75, 3.05) is 0 Å². The molecule has 0 fully saturated rings. The molecule has 0 aliphatic heterocycles. The fourth-order valence-corrected chi connectivity index (χ4v) is 3.05. The average Bonchev–Trinajstić information content (AvgIpc) is 3.15. The van der Waals surface area contributed by atoms with E-state index in [0.717, 1.165) is 27.7 Å². The average molecular weight is 425 g/mol. The van der Waals surface area contributed by atoms with Crippen LogP contribution in [0.5, 0.6) is 0 Å². The van der Waals surface area contributed by atoms with Gasteiger partial charge in [-0.25, -0.2) is 4.99 Å². The summed E-state index contributed by atoms with van der Waals surface area (Å²) in [6, 6.07) is 5.70. The molecule has 3 rings (SSSR count). The van der Waals surface area contributed by atoms with E-state index in [9.17, 15) is 4.79 Å². The molecule has 136 valence electrons. The van der Waals surface area contributed by atoms with Gasteiger partial charge < -0.3 is 5.32 Å². The summed E-state index contributed by atoms with van der Waals surface area (Å²) in [5.41, 5.74) is 2.77. The molecular weight excluding hydrogens is 408 g/mol. The van der Waals surface area contributed by atoms with Crippen molar-refractivity contribution in [1.29, 1.82) is 0 Å². The molecule has 1 aromatic carbocycles. The van der Waals surface area contributed by atoms with Crippen LogP contribution in [0, 0.1) is 6.92 Å². The van der Waals surface area contributed by atoms with E-state index in [4.69, 9.17) is 0 Å². The highest BCUT2D eigenvalue weighted by Crippen LogP contribution is 2.22. The number of para-hydroxylation sites is 1. The van der Waals surface area contributed by atoms with Gasteiger partial charge in [-0.05, 0) is 64.5 Å². The van der Waals surface area contributed by atoms with Gasteiger partial charge in [-0.2, -0.15) is 0 Å². The maximum absolute atomic E-state index is 12.4. The number of aromatic nitrogens is 4. The van der Waals surface area contributed by atoms with Crippen molar-refractivity contribution in [1.82, 2.24) is 25.5 Å². The van der Waals surface area contributed by atoms with E-state index in [1.54, 1.807) is 6.08 Å². The molecule has 0 saturated heterocycles. The highest BCUT2D eigenvalue weighted by atomic mass is 79.9. The van der Waals surface area contributed by atoms with Gasteiger partial charge in [0, 0.05) is 4.47 Å². The fourth-order valence-electron chi connectivity index (χ4n) is 2.42. The van der Waals surface area contributed by atoms with Gasteiger partial charge in [-0.1, -0.05) is 42.5 Å². The number of nitrogens with zero attached hydrogens (tertiary/aromatic N) is 5. The number of nitrogens with one attached hydrogen (secondary N) is 1. The Bertz CT molecular complexity index is 979. The van der Waals surface area contributed by atoms with E-state index in [-0.39, 0.29) is 5.82 Å². The molecule has 1 amide bonds. The smallest absolute Gasteiger partial charge is 0.298 e. The number of rotatable bonds is 5. The number of aryl methyl sites for hydroxylation is 1. The van der Waals surface area contributed by atoms with Crippen molar-refractivity contribution >= 4 is 28.6 Å². The molecule has 1 aliphatic rings. The summed E-state index contributed by atoms with van der Waals surface area (Å²) in [7, 11) is 0. The summed E-state index contributed by atoms with van der Waals surface area (Å²) in [5, 5.41) is 14.6. The topological polar surface area (TPSA) is 85.1 Å². The van der Waals surface area contributed by atoms with Crippen LogP contribution in [0.25, 0.3) is 5.69 Å². The summed E-state index contributed by atoms with van der Waals surface area (Å²) in [6.07, 6.45) is 12.4. The van der Waals surface area contributed by atoms with E-state index in [2.05, 4.69) is 48.4 Å². The number of hydrogen-bond donors (Lipinski definition) is 1. The Morgan fingerprint density at radius 2 is 2.26 bits per heavy atom. The molecule has 0 saturated carbocycles. The lowest BCUT2D eigenvalue weighted by atomic mass is 10.1. The van der Waals surface area contributed by atoms with Crippen LogP contribution in [0.1, 0.15) is 22.6 Å². The Kier molecular flexibility index (Phi) is 5.87. The molecular formula is C19H17BrN6O. The van der Waals surface area contributed by atoms with Crippen LogP contribution < -0.4 is 5.32 Å². The van der Waals surface area contributed by atoms with Crippen molar-refractivity contribution in [3.8, 4) is 5.69 Å². The first-order valence-electron chi connectivity index (χ1n) is 8.16. The molecule has 0 bridgehead atoms. The fraction of sp³-hybridized carbons (Fsp3) is 0.105. The van der Waals surface area contributed by atoms with Crippen molar-refractivity contribution in [2.24, 2.45) is 4.99 Å². The van der Waals surface area contributed by atoms with E-state index in [1.807, 2.05) is 55.5 Å². The zero-order valence-corrected chi connectivity index (χ0v) is 16.2. The minimum Gasteiger partial charge on any atom is -0.304 e. The van der Waals surface area contributed by atoms with Gasteiger partial charge in [0.05, 0.1) is 0 Å². The third-order valence-electron chi connectivity index (χ3n) is 3.78. The number of amides is 1. The van der Waals surface area contributed by atoms with Gasteiger partial charge in [0.25, 0.3) is 11.7 Å². The highest BCUT2D eigenvalue weighted by Gasteiger charge is 2.16. The van der Waals surface area contributed by atoms with Gasteiger partial charge in [0.1, 0.15) is 11.5 Å². The Labute approximate surface area is 165 Å². The molecule has 0 radical (unpaired) electrons. The maximum atomic E-state index is 12.4. The Morgan fingerprint density at radius 1 is 1.41 bits per heavy atom. The first kappa shape index (κ1) is 18.7. The van der Waals surface area contributed by atoms with Gasteiger partial charge in [-0.15, -0.1) is 15.0 Å². The molecule has 1 heterocycles. The number of carbonyl (C=O) groups is 1. The second-order valence-corrected chi connectivity index (χ2v) is 6.56. The summed E-state index contributed by atoms with van der Waals surface area (Å²) in [6.45, 7) is 5.41. The minimum atomic E-state index is -0.512. The predicted octanol–water partition coefficient (Wildman–Crippen LogP) is 3.45. The molecule has 1 aliphatic carbocycles. The molecule has 0 spiro atoms. The lowest BCUT2D eigenvalue weighted by molar-refractivity contribution is 0.0955. The number of hydrogen-bond acceptors (Lipinski definition) is 5. The summed E-state index contributed by atoms with van der Waals surface area (Å²) in [4.78, 5) is 17.6. The molecule has 7 nitrogen and oxygen atoms in total. The Hall–Kier alpha value is -3.13. The third-order valence-corrected chi connectivity index (χ3v) is 4.42. The van der Waals surface area contributed by atoms with Crippen LogP contribution in [-0.2, 0) is 0 Å². The second-order valence-electron chi connectivity index (χ2n) is 5.70. The largest absolute Gasteiger partial charge is 0.304 e. The maximum Gasteiger partial charge on any atom is 0.298 e. The predicted molar refractivity (Wildman–Crippen MR) is 108 cm³/mol. The standard InChI is InChI=1S/C19H17BrN6O/c1-13-7-6-10-15(20)17(13)26-24-18(23-25-26)19(27)22-16(21-2)12-11-14-8-4-3-5-9-14/h3-8,10-12H,2,9H2,1H3,(H,22,27)/b14-11-,16-12+. The lowest BCUT2D eigenvalue weighted by Crippen LogP contribution is -2.23. The van der Waals surface area contributed by atoms with Gasteiger partial charge in [0.15, 0.2) is 0 Å². The summed E-state index contributed by atoms with van der Waals surface area (Å²) < 4.78 is 0.807. The molecule has 8 heteroatoms. The Morgan fingerprint density at radius 3 is 2.96 bits per heavy atom. The minimum absolute atomic E-state index is 0.0622. The van der Waals surface area contributed by atoms with Crippen molar-refractivity contribution in [2.45, 2.75) is 13.3 Å². The quantitative estimate of drug-likeness (QED) is 0.744. The lowest BCUT2D eigenvalue weighted by Gasteiger charge is -2.05. The number of aliphatic imine (C=N–C) groups is 1. The third kappa shape index (κ3) is 4.53. The number of allylic oxidation sites excluding steroid dienone is 7. The second kappa shape index (κ2) is 8.50. The van der Waals surface area contributed by atoms with Crippen LogP contribution in [0.4, 0.5) is 0 Å². The number of halogens is 1. The summed E-state index contributed by atoms with van der Waals surface area (Å²) in [5.74, 6) is -0.265. The van der Waals surface area contributed by atoms with E-state index in [1.165, 1.54) is 4.80 Å². The van der Waals surface area contributed by atoms with Crippen LogP contribution in [0.2, 0.25) is 0 Å². The SMILES string of the molecule is C=N/C(=C\C=C1\C=CC=CC1)NC(=O)c1nnn(-c2c(C)cccc2Br)n1. The van der Waals surface area contributed by atoms with Crippen LogP contribution in [0.15, 0.2) is 75.5 Å². The van der Waals surface area contributed by atoms with Gasteiger partial charge in [-0.3, -0.25) is 4.79 Å². The van der Waals surface area contributed by atoms with Crippen molar-refractivity contribution < 1.29 is 4.79 Å². The zero-order valence-electron chi connectivity index (χ0n) is 14.6. The monoisotopic (exact) mass is 424 g/mol. The molecule has 1 N–H and O–H groups in total. The van der Waals surface area contributed by atoms with E-state index >= 15 is 0 Å². The first-order valence-corrected chi connectivity index (χ1v) is 8.95. The van der Waals surface area contributed by atoms with Crippen LogP contribution >= 0.6 is 15.9 Å². The number of tetrazole rings is 1. The molecule has 27 heavy (non-hydrogen) atoms. The van der Waals surface area contributed by atoms with Crippen molar-refractivity contribution in [3.63, 3.8) is 0 Å². The van der Waals surface area contributed by atoms with Crippen LogP contribution in [0.3, 0.4) is 0 Å². The van der Waals surface area contributed by atoms with Gasteiger partial charge >= 0.3 is 0 Å².